The summed E-state index contributed by atoms with van der Waals surface area (Å²) in [7, 11) is 1.76. The van der Waals surface area contributed by atoms with Crippen LogP contribution in [0.3, 0.4) is 0 Å². The van der Waals surface area contributed by atoms with E-state index in [1.807, 2.05) is 29.0 Å². The molecule has 1 aliphatic carbocycles. The van der Waals surface area contributed by atoms with Crippen LogP contribution >= 0.6 is 11.6 Å². The van der Waals surface area contributed by atoms with Gasteiger partial charge in [0.2, 0.25) is 5.95 Å². The molecule has 0 unspecified atom stereocenters. The molecule has 0 radical (unpaired) electrons. The van der Waals surface area contributed by atoms with Crippen molar-refractivity contribution in [2.24, 2.45) is 0 Å². The summed E-state index contributed by atoms with van der Waals surface area (Å²) in [6.45, 7) is 6.52. The monoisotopic (exact) mass is 510 g/mol. The molecule has 3 aromatic rings. The number of carbonyl (C=O) groups is 1. The summed E-state index contributed by atoms with van der Waals surface area (Å²) in [5.41, 5.74) is 1.38. The van der Waals surface area contributed by atoms with E-state index in [9.17, 15) is 4.79 Å². The molecule has 0 atom stereocenters. The van der Waals surface area contributed by atoms with Crippen LogP contribution in [0.2, 0.25) is 5.02 Å². The largest absolute Gasteiger partial charge is 0.383 e. The van der Waals surface area contributed by atoms with Crippen LogP contribution in [0.1, 0.15) is 42.5 Å². The zero-order valence-corrected chi connectivity index (χ0v) is 21.7. The lowest BCUT2D eigenvalue weighted by atomic mass is 9.79. The molecule has 0 bridgehead atoms. The van der Waals surface area contributed by atoms with Gasteiger partial charge in [-0.05, 0) is 31.0 Å². The van der Waals surface area contributed by atoms with Crippen LogP contribution in [0.5, 0.6) is 0 Å². The van der Waals surface area contributed by atoms with Gasteiger partial charge < -0.3 is 10.1 Å². The SMILES string of the molecule is COCCN1CCN(C2(CNC(=O)c3cn(-c4ncccn4)c4cccc(Cl)c34)CCCCC2)CC1. The number of benzene rings is 1. The third-order valence-corrected chi connectivity index (χ3v) is 8.12. The summed E-state index contributed by atoms with van der Waals surface area (Å²) in [6.07, 6.45) is 11.1. The van der Waals surface area contributed by atoms with Gasteiger partial charge in [-0.3, -0.25) is 19.2 Å². The van der Waals surface area contributed by atoms with Crippen molar-refractivity contribution in [3.63, 3.8) is 0 Å². The molecule has 1 amide bonds. The van der Waals surface area contributed by atoms with Gasteiger partial charge in [0.15, 0.2) is 0 Å². The molecule has 1 N–H and O–H groups in total. The van der Waals surface area contributed by atoms with Crippen molar-refractivity contribution >= 4 is 28.4 Å². The highest BCUT2D eigenvalue weighted by molar-refractivity contribution is 6.37. The molecular formula is C27H35ClN6O2. The minimum absolute atomic E-state index is 0.00591. The maximum Gasteiger partial charge on any atom is 0.253 e. The number of nitrogens with one attached hydrogen (secondary N) is 1. The van der Waals surface area contributed by atoms with Crippen molar-refractivity contribution < 1.29 is 9.53 Å². The van der Waals surface area contributed by atoms with E-state index in [1.165, 1.54) is 19.3 Å². The summed E-state index contributed by atoms with van der Waals surface area (Å²) in [5, 5.41) is 4.59. The first-order chi connectivity index (χ1) is 17.6. The fraction of sp³-hybridized carbons (Fsp3) is 0.519. The lowest BCUT2D eigenvalue weighted by Crippen LogP contribution is -2.62. The fourth-order valence-corrected chi connectivity index (χ4v) is 6.09. The van der Waals surface area contributed by atoms with Crippen molar-refractivity contribution in [1.82, 2.24) is 29.7 Å². The maximum absolute atomic E-state index is 13.6. The first kappa shape index (κ1) is 25.1. The van der Waals surface area contributed by atoms with Gasteiger partial charge in [0.05, 0.1) is 22.7 Å². The zero-order valence-electron chi connectivity index (χ0n) is 21.0. The number of piperazine rings is 1. The number of hydrogen-bond acceptors (Lipinski definition) is 6. The molecule has 0 spiro atoms. The molecule has 192 valence electrons. The molecule has 2 fully saturated rings. The number of carbonyl (C=O) groups excluding carboxylic acids is 1. The molecule has 1 aromatic carbocycles. The lowest BCUT2D eigenvalue weighted by molar-refractivity contribution is 0.00303. The molecule has 8 nitrogen and oxygen atoms in total. The predicted molar refractivity (Wildman–Crippen MR) is 142 cm³/mol. The summed E-state index contributed by atoms with van der Waals surface area (Å²) >= 11 is 6.60. The molecule has 2 aromatic heterocycles. The van der Waals surface area contributed by atoms with E-state index in [2.05, 4.69) is 25.1 Å². The Hall–Kier alpha value is -2.52. The van der Waals surface area contributed by atoms with Crippen LogP contribution in [-0.4, -0.2) is 88.8 Å². The molecule has 1 saturated heterocycles. The normalized spacial score (nSPS) is 18.9. The van der Waals surface area contributed by atoms with Crippen LogP contribution in [0, 0.1) is 0 Å². The van der Waals surface area contributed by atoms with E-state index in [0.29, 0.717) is 23.1 Å². The van der Waals surface area contributed by atoms with Gasteiger partial charge >= 0.3 is 0 Å². The van der Waals surface area contributed by atoms with Crippen molar-refractivity contribution in [2.75, 3.05) is 53.0 Å². The van der Waals surface area contributed by atoms with Gasteiger partial charge in [0, 0.05) is 75.9 Å². The molecule has 1 saturated carbocycles. The molecule has 36 heavy (non-hydrogen) atoms. The highest BCUT2D eigenvalue weighted by Crippen LogP contribution is 2.35. The number of methoxy groups -OCH3 is 1. The molecule has 2 aliphatic rings. The minimum atomic E-state index is -0.105. The topological polar surface area (TPSA) is 75.5 Å². The van der Waals surface area contributed by atoms with E-state index < -0.39 is 0 Å². The molecule has 1 aliphatic heterocycles. The number of ether oxygens (including phenoxy) is 1. The summed E-state index contributed by atoms with van der Waals surface area (Å²) < 4.78 is 7.10. The van der Waals surface area contributed by atoms with Crippen LogP contribution in [0.25, 0.3) is 16.9 Å². The van der Waals surface area contributed by atoms with E-state index in [4.69, 9.17) is 16.3 Å². The third-order valence-electron chi connectivity index (χ3n) is 7.81. The number of amides is 1. The van der Waals surface area contributed by atoms with Gasteiger partial charge in [0.1, 0.15) is 0 Å². The second-order valence-corrected chi connectivity index (χ2v) is 10.3. The number of rotatable bonds is 8. The Bertz CT molecular complexity index is 1170. The maximum atomic E-state index is 13.6. The number of aromatic nitrogens is 3. The van der Waals surface area contributed by atoms with Crippen molar-refractivity contribution in [1.29, 1.82) is 0 Å². The number of fused-ring (bicyclic) bond motifs is 1. The Morgan fingerprint density at radius 2 is 1.83 bits per heavy atom. The zero-order chi connectivity index (χ0) is 25.0. The van der Waals surface area contributed by atoms with Gasteiger partial charge in [-0.2, -0.15) is 0 Å². The van der Waals surface area contributed by atoms with Crippen LogP contribution in [0.4, 0.5) is 0 Å². The molecule has 3 heterocycles. The highest BCUT2D eigenvalue weighted by Gasteiger charge is 2.39. The lowest BCUT2D eigenvalue weighted by Gasteiger charge is -2.50. The van der Waals surface area contributed by atoms with Crippen molar-refractivity contribution in [2.45, 2.75) is 37.6 Å². The Kier molecular flexibility index (Phi) is 7.86. The number of hydrogen-bond donors (Lipinski definition) is 1. The molecule has 5 rings (SSSR count). The molecular weight excluding hydrogens is 476 g/mol. The van der Waals surface area contributed by atoms with E-state index in [-0.39, 0.29) is 11.4 Å². The van der Waals surface area contributed by atoms with E-state index in [1.54, 1.807) is 25.6 Å². The highest BCUT2D eigenvalue weighted by atomic mass is 35.5. The Morgan fingerprint density at radius 1 is 1.08 bits per heavy atom. The van der Waals surface area contributed by atoms with Gasteiger partial charge in [-0.15, -0.1) is 0 Å². The molecule has 9 heteroatoms. The quantitative estimate of drug-likeness (QED) is 0.497. The summed E-state index contributed by atoms with van der Waals surface area (Å²) in [4.78, 5) is 27.5. The number of nitrogens with zero attached hydrogens (tertiary/aromatic N) is 5. The van der Waals surface area contributed by atoms with Crippen LogP contribution in [-0.2, 0) is 4.74 Å². The minimum Gasteiger partial charge on any atom is -0.383 e. The van der Waals surface area contributed by atoms with Gasteiger partial charge in [-0.1, -0.05) is 36.9 Å². The van der Waals surface area contributed by atoms with E-state index >= 15 is 0 Å². The first-order valence-electron chi connectivity index (χ1n) is 12.9. The Morgan fingerprint density at radius 3 is 2.56 bits per heavy atom. The first-order valence-corrected chi connectivity index (χ1v) is 13.3. The van der Waals surface area contributed by atoms with Crippen molar-refractivity contribution in [3.8, 4) is 5.95 Å². The fourth-order valence-electron chi connectivity index (χ4n) is 5.82. The third kappa shape index (κ3) is 5.13. The van der Waals surface area contributed by atoms with Gasteiger partial charge in [0.25, 0.3) is 5.91 Å². The standard InChI is InChI=1S/C27H35ClN6O2/c1-36-18-17-32-13-15-33(16-14-32)27(9-3-2-4-10-27)20-31-25(35)21-19-34(26-29-11-6-12-30-26)23-8-5-7-22(28)24(21)23/h5-8,11-12,19H,2-4,9-10,13-18,20H2,1H3,(H,31,35). The van der Waals surface area contributed by atoms with Crippen LogP contribution in [0.15, 0.2) is 42.9 Å². The Balaban J connectivity index is 1.36. The Labute approximate surface area is 217 Å². The predicted octanol–water partition coefficient (Wildman–Crippen LogP) is 3.77. The second-order valence-electron chi connectivity index (χ2n) is 9.88. The average molecular weight is 511 g/mol. The summed E-state index contributed by atoms with van der Waals surface area (Å²) in [6, 6.07) is 7.43. The number of halogens is 1. The van der Waals surface area contributed by atoms with E-state index in [0.717, 1.165) is 63.1 Å². The average Bonchev–Trinajstić information content (AvgIpc) is 3.33. The second kappa shape index (κ2) is 11.3. The van der Waals surface area contributed by atoms with Gasteiger partial charge in [-0.25, -0.2) is 9.97 Å². The smallest absolute Gasteiger partial charge is 0.253 e. The van der Waals surface area contributed by atoms with Crippen molar-refractivity contribution in [3.05, 3.63) is 53.4 Å². The van der Waals surface area contributed by atoms with Crippen LogP contribution < -0.4 is 5.32 Å². The summed E-state index contributed by atoms with van der Waals surface area (Å²) in [5.74, 6) is 0.408.